The first-order chi connectivity index (χ1) is 7.58. The third-order valence-electron chi connectivity index (χ3n) is 2.02. The Kier molecular flexibility index (Phi) is 2.74. The number of aromatic carboxylic acids is 1. The predicted molar refractivity (Wildman–Crippen MR) is 59.1 cm³/mol. The number of carboxylic acids is 1. The van der Waals surface area contributed by atoms with Gasteiger partial charge >= 0.3 is 5.97 Å². The zero-order valence-corrected chi connectivity index (χ0v) is 9.85. The van der Waals surface area contributed by atoms with Crippen LogP contribution < -0.4 is 0 Å². The minimum absolute atomic E-state index is 0.202. The SMILES string of the molecule is Cc1cc(-c2nc(C(=O)O)no2)ccc1Br. The maximum atomic E-state index is 10.6. The Bertz CT molecular complexity index is 551. The third-order valence-corrected chi connectivity index (χ3v) is 2.91. The second-order valence-corrected chi connectivity index (χ2v) is 4.05. The van der Waals surface area contributed by atoms with Crippen molar-refractivity contribution in [2.45, 2.75) is 6.92 Å². The van der Waals surface area contributed by atoms with Crippen LogP contribution in [0, 0.1) is 6.92 Å². The van der Waals surface area contributed by atoms with Gasteiger partial charge in [-0.1, -0.05) is 15.9 Å². The van der Waals surface area contributed by atoms with E-state index in [0.717, 1.165) is 10.0 Å². The van der Waals surface area contributed by atoms with Crippen molar-refractivity contribution < 1.29 is 14.4 Å². The Morgan fingerprint density at radius 3 is 2.81 bits per heavy atom. The number of aryl methyl sites for hydroxylation is 1. The van der Waals surface area contributed by atoms with Crippen LogP contribution in [0.25, 0.3) is 11.5 Å². The summed E-state index contributed by atoms with van der Waals surface area (Å²) in [5.74, 6) is -1.34. The first-order valence-corrected chi connectivity index (χ1v) is 5.21. The van der Waals surface area contributed by atoms with Gasteiger partial charge in [-0.25, -0.2) is 4.79 Å². The molecule has 1 N–H and O–H groups in total. The molecule has 0 aliphatic carbocycles. The molecule has 0 amide bonds. The van der Waals surface area contributed by atoms with Gasteiger partial charge in [-0.3, -0.25) is 0 Å². The van der Waals surface area contributed by atoms with E-state index < -0.39 is 5.97 Å². The number of carbonyl (C=O) groups is 1. The number of hydrogen-bond donors (Lipinski definition) is 1. The molecule has 0 saturated carbocycles. The summed E-state index contributed by atoms with van der Waals surface area (Å²) in [6, 6.07) is 5.45. The molecular weight excluding hydrogens is 276 g/mol. The Morgan fingerprint density at radius 2 is 2.25 bits per heavy atom. The van der Waals surface area contributed by atoms with Crippen molar-refractivity contribution in [1.82, 2.24) is 10.1 Å². The highest BCUT2D eigenvalue weighted by Crippen LogP contribution is 2.23. The van der Waals surface area contributed by atoms with Gasteiger partial charge in [0.1, 0.15) is 0 Å². The molecule has 1 aromatic heterocycles. The van der Waals surface area contributed by atoms with Crippen LogP contribution in [0.1, 0.15) is 16.2 Å². The molecule has 1 heterocycles. The molecule has 82 valence electrons. The maximum Gasteiger partial charge on any atom is 0.377 e. The average molecular weight is 283 g/mol. The van der Waals surface area contributed by atoms with Crippen LogP contribution in [0.15, 0.2) is 27.2 Å². The summed E-state index contributed by atoms with van der Waals surface area (Å²) >= 11 is 3.37. The fourth-order valence-corrected chi connectivity index (χ4v) is 1.45. The van der Waals surface area contributed by atoms with Crippen LogP contribution in [0.5, 0.6) is 0 Å². The summed E-state index contributed by atoms with van der Waals surface area (Å²) in [6.45, 7) is 1.92. The van der Waals surface area contributed by atoms with Crippen molar-refractivity contribution in [3.8, 4) is 11.5 Å². The van der Waals surface area contributed by atoms with E-state index in [1.807, 2.05) is 19.1 Å². The molecule has 0 saturated heterocycles. The monoisotopic (exact) mass is 282 g/mol. The lowest BCUT2D eigenvalue weighted by atomic mass is 10.1. The number of nitrogens with zero attached hydrogens (tertiary/aromatic N) is 2. The summed E-state index contributed by atoms with van der Waals surface area (Å²) in [5, 5.41) is 12.0. The quantitative estimate of drug-likeness (QED) is 0.916. The van der Waals surface area contributed by atoms with Crippen molar-refractivity contribution in [3.05, 3.63) is 34.1 Å². The lowest BCUT2D eigenvalue weighted by Gasteiger charge is -1.98. The first kappa shape index (κ1) is 10.8. The van der Waals surface area contributed by atoms with E-state index in [9.17, 15) is 4.79 Å². The van der Waals surface area contributed by atoms with Gasteiger partial charge in [0.05, 0.1) is 0 Å². The lowest BCUT2D eigenvalue weighted by Crippen LogP contribution is -1.98. The molecule has 16 heavy (non-hydrogen) atoms. The predicted octanol–water partition coefficient (Wildman–Crippen LogP) is 2.51. The third kappa shape index (κ3) is 1.96. The van der Waals surface area contributed by atoms with Gasteiger partial charge in [-0.2, -0.15) is 4.98 Å². The molecule has 0 spiro atoms. The minimum Gasteiger partial charge on any atom is -0.475 e. The van der Waals surface area contributed by atoms with E-state index in [4.69, 9.17) is 9.63 Å². The van der Waals surface area contributed by atoms with Gasteiger partial charge in [-0.05, 0) is 35.8 Å². The number of hydrogen-bond acceptors (Lipinski definition) is 4. The largest absolute Gasteiger partial charge is 0.475 e. The fourth-order valence-electron chi connectivity index (χ4n) is 1.21. The molecule has 0 radical (unpaired) electrons. The van der Waals surface area contributed by atoms with E-state index in [0.29, 0.717) is 5.56 Å². The smallest absolute Gasteiger partial charge is 0.377 e. The van der Waals surface area contributed by atoms with Crippen molar-refractivity contribution in [3.63, 3.8) is 0 Å². The molecule has 0 bridgehead atoms. The normalized spacial score (nSPS) is 10.4. The van der Waals surface area contributed by atoms with Gasteiger partial charge in [0, 0.05) is 10.0 Å². The van der Waals surface area contributed by atoms with Gasteiger partial charge in [0.2, 0.25) is 0 Å². The van der Waals surface area contributed by atoms with Crippen LogP contribution in [-0.4, -0.2) is 21.2 Å². The van der Waals surface area contributed by atoms with Gasteiger partial charge in [0.15, 0.2) is 0 Å². The highest BCUT2D eigenvalue weighted by atomic mass is 79.9. The molecule has 6 heteroatoms. The van der Waals surface area contributed by atoms with Crippen LogP contribution >= 0.6 is 15.9 Å². The molecule has 0 unspecified atom stereocenters. The van der Waals surface area contributed by atoms with Crippen LogP contribution in [0.2, 0.25) is 0 Å². The molecule has 2 aromatic rings. The lowest BCUT2D eigenvalue weighted by molar-refractivity contribution is 0.0680. The molecule has 1 aromatic carbocycles. The number of halogens is 1. The molecule has 2 rings (SSSR count). The first-order valence-electron chi connectivity index (χ1n) is 4.41. The molecular formula is C10H7BrN2O3. The molecule has 5 nitrogen and oxygen atoms in total. The Morgan fingerprint density at radius 1 is 1.50 bits per heavy atom. The van der Waals surface area contributed by atoms with E-state index in [2.05, 4.69) is 26.1 Å². The summed E-state index contributed by atoms with van der Waals surface area (Å²) in [4.78, 5) is 14.3. The molecule has 0 aliphatic rings. The number of rotatable bonds is 2. The highest BCUT2D eigenvalue weighted by Gasteiger charge is 2.14. The van der Waals surface area contributed by atoms with Crippen LogP contribution in [-0.2, 0) is 0 Å². The maximum absolute atomic E-state index is 10.6. The fraction of sp³-hybridized carbons (Fsp3) is 0.100. The molecule has 0 atom stereocenters. The Balaban J connectivity index is 2.42. The van der Waals surface area contributed by atoms with Crippen molar-refractivity contribution >= 4 is 21.9 Å². The Labute approximate surface area is 99.2 Å². The zero-order chi connectivity index (χ0) is 11.7. The second kappa shape index (κ2) is 4.05. The zero-order valence-electron chi connectivity index (χ0n) is 8.27. The summed E-state index contributed by atoms with van der Waals surface area (Å²) < 4.78 is 5.82. The van der Waals surface area contributed by atoms with Gasteiger partial charge < -0.3 is 9.63 Å². The minimum atomic E-state index is -1.20. The summed E-state index contributed by atoms with van der Waals surface area (Å²) in [7, 11) is 0. The Hall–Kier alpha value is -1.69. The second-order valence-electron chi connectivity index (χ2n) is 3.19. The van der Waals surface area contributed by atoms with Crippen molar-refractivity contribution in [1.29, 1.82) is 0 Å². The standard InChI is InChI=1S/C10H7BrN2O3/c1-5-4-6(2-3-7(5)11)9-12-8(10(14)15)13-16-9/h2-4H,1H3,(H,14,15). The van der Waals surface area contributed by atoms with E-state index in [1.165, 1.54) is 0 Å². The van der Waals surface area contributed by atoms with E-state index in [1.54, 1.807) is 6.07 Å². The summed E-state index contributed by atoms with van der Waals surface area (Å²) in [6.07, 6.45) is 0. The van der Waals surface area contributed by atoms with Crippen molar-refractivity contribution in [2.75, 3.05) is 0 Å². The number of carboxylic acid groups (broad SMARTS) is 1. The number of aromatic nitrogens is 2. The van der Waals surface area contributed by atoms with E-state index in [-0.39, 0.29) is 11.7 Å². The van der Waals surface area contributed by atoms with Crippen molar-refractivity contribution in [2.24, 2.45) is 0 Å². The molecule has 0 aliphatic heterocycles. The van der Waals surface area contributed by atoms with Gasteiger partial charge in [-0.15, -0.1) is 0 Å². The summed E-state index contributed by atoms with van der Waals surface area (Å²) in [5.41, 5.74) is 1.70. The van der Waals surface area contributed by atoms with E-state index >= 15 is 0 Å². The van der Waals surface area contributed by atoms with Crippen LogP contribution in [0.3, 0.4) is 0 Å². The van der Waals surface area contributed by atoms with Crippen LogP contribution in [0.4, 0.5) is 0 Å². The number of benzene rings is 1. The average Bonchev–Trinajstić information content (AvgIpc) is 2.71. The van der Waals surface area contributed by atoms with Gasteiger partial charge in [0.25, 0.3) is 11.7 Å². The highest BCUT2D eigenvalue weighted by molar-refractivity contribution is 9.10. The topological polar surface area (TPSA) is 76.2 Å². The molecule has 0 fully saturated rings.